The molecule has 0 aliphatic rings. The van der Waals surface area contributed by atoms with Crippen LogP contribution in [0.3, 0.4) is 0 Å². The number of carbonyl (C=O) groups is 3. The molecule has 84 valence electrons. The number of hydrogen-bond acceptors (Lipinski definition) is 4. The number of ether oxygens (including phenoxy) is 1. The molecular formula is C9H12O6. The third-order valence-electron chi connectivity index (χ3n) is 1.66. The number of esters is 1. The van der Waals surface area contributed by atoms with Crippen LogP contribution < -0.4 is 0 Å². The third kappa shape index (κ3) is 4.26. The van der Waals surface area contributed by atoms with Gasteiger partial charge in [-0.25, -0.2) is 9.59 Å². The molecule has 0 aromatic rings. The minimum atomic E-state index is -1.43. The monoisotopic (exact) mass is 216 g/mol. The molecule has 0 atom stereocenters. The average molecular weight is 216 g/mol. The summed E-state index contributed by atoms with van der Waals surface area (Å²) < 4.78 is 4.52. The van der Waals surface area contributed by atoms with Crippen LogP contribution in [0.15, 0.2) is 11.1 Å². The topological polar surface area (TPSA) is 101 Å². The first-order chi connectivity index (χ1) is 6.90. The van der Waals surface area contributed by atoms with Gasteiger partial charge in [-0.2, -0.15) is 0 Å². The summed E-state index contributed by atoms with van der Waals surface area (Å²) in [6.45, 7) is 2.83. The van der Waals surface area contributed by atoms with E-state index in [9.17, 15) is 14.4 Å². The predicted molar refractivity (Wildman–Crippen MR) is 49.2 cm³/mol. The van der Waals surface area contributed by atoms with Gasteiger partial charge in [0.05, 0.1) is 18.6 Å². The standard InChI is InChI=1S/C9H12O6/c1-3-15-7(10)4-6(9(13)14)5(2)8(11)12/h3-4H2,1-2H3,(H,11,12)(H,13,14)/b6-5+. The van der Waals surface area contributed by atoms with E-state index in [1.807, 2.05) is 0 Å². The van der Waals surface area contributed by atoms with Crippen molar-refractivity contribution in [2.75, 3.05) is 6.61 Å². The SMILES string of the molecule is CCOC(=O)C/C(C(=O)O)=C(/C)C(=O)O. The third-order valence-corrected chi connectivity index (χ3v) is 1.66. The first-order valence-corrected chi connectivity index (χ1v) is 4.22. The highest BCUT2D eigenvalue weighted by Gasteiger charge is 2.19. The van der Waals surface area contributed by atoms with Crippen molar-refractivity contribution in [1.29, 1.82) is 0 Å². The molecule has 0 amide bonds. The van der Waals surface area contributed by atoms with Crippen LogP contribution in [0.1, 0.15) is 20.3 Å². The van der Waals surface area contributed by atoms with Crippen molar-refractivity contribution in [3.8, 4) is 0 Å². The number of aliphatic carboxylic acids is 2. The van der Waals surface area contributed by atoms with E-state index in [0.29, 0.717) is 0 Å². The van der Waals surface area contributed by atoms with Crippen LogP contribution in [0, 0.1) is 0 Å². The lowest BCUT2D eigenvalue weighted by molar-refractivity contribution is -0.144. The minimum Gasteiger partial charge on any atom is -0.478 e. The first-order valence-electron chi connectivity index (χ1n) is 4.22. The van der Waals surface area contributed by atoms with E-state index in [0.717, 1.165) is 6.92 Å². The van der Waals surface area contributed by atoms with Crippen molar-refractivity contribution in [1.82, 2.24) is 0 Å². The van der Waals surface area contributed by atoms with Gasteiger partial charge < -0.3 is 14.9 Å². The van der Waals surface area contributed by atoms with Crippen LogP contribution in [0.4, 0.5) is 0 Å². The zero-order chi connectivity index (χ0) is 12.0. The van der Waals surface area contributed by atoms with E-state index in [-0.39, 0.29) is 12.2 Å². The zero-order valence-electron chi connectivity index (χ0n) is 8.44. The Labute approximate surface area is 86.2 Å². The van der Waals surface area contributed by atoms with E-state index >= 15 is 0 Å². The average Bonchev–Trinajstić information content (AvgIpc) is 2.13. The molecule has 0 aromatic carbocycles. The summed E-state index contributed by atoms with van der Waals surface area (Å²) in [4.78, 5) is 32.1. The molecule has 0 radical (unpaired) electrons. The van der Waals surface area contributed by atoms with Crippen molar-refractivity contribution >= 4 is 17.9 Å². The Kier molecular flexibility index (Phi) is 5.08. The summed E-state index contributed by atoms with van der Waals surface area (Å²) in [5.74, 6) is -3.55. The molecule has 0 saturated heterocycles. The van der Waals surface area contributed by atoms with Gasteiger partial charge in [0.2, 0.25) is 0 Å². The summed E-state index contributed by atoms with van der Waals surface area (Å²) >= 11 is 0. The summed E-state index contributed by atoms with van der Waals surface area (Å²) in [5, 5.41) is 17.3. The van der Waals surface area contributed by atoms with E-state index in [1.54, 1.807) is 6.92 Å². The Balaban J connectivity index is 4.85. The number of carboxylic acid groups (broad SMARTS) is 2. The maximum atomic E-state index is 11.0. The number of carboxylic acids is 2. The van der Waals surface area contributed by atoms with Crippen LogP contribution in [-0.2, 0) is 19.1 Å². The van der Waals surface area contributed by atoms with Crippen LogP contribution in [0.5, 0.6) is 0 Å². The Bertz CT molecular complexity index is 315. The maximum Gasteiger partial charge on any atom is 0.332 e. The van der Waals surface area contributed by atoms with Gasteiger partial charge in [0.1, 0.15) is 0 Å². The van der Waals surface area contributed by atoms with Gasteiger partial charge in [-0.1, -0.05) is 0 Å². The molecule has 0 fully saturated rings. The molecular weight excluding hydrogens is 204 g/mol. The molecule has 0 aliphatic heterocycles. The molecule has 0 rings (SSSR count). The highest BCUT2D eigenvalue weighted by molar-refractivity contribution is 6.01. The van der Waals surface area contributed by atoms with Gasteiger partial charge in [0.25, 0.3) is 0 Å². The summed E-state index contributed by atoms with van der Waals surface area (Å²) in [7, 11) is 0. The second-order valence-electron chi connectivity index (χ2n) is 2.70. The van der Waals surface area contributed by atoms with Gasteiger partial charge in [-0.15, -0.1) is 0 Å². The summed E-state index contributed by atoms with van der Waals surface area (Å²) in [6, 6.07) is 0. The Hall–Kier alpha value is -1.85. The fraction of sp³-hybridized carbons (Fsp3) is 0.444. The van der Waals surface area contributed by atoms with Crippen LogP contribution in [-0.4, -0.2) is 34.7 Å². The second kappa shape index (κ2) is 5.79. The largest absolute Gasteiger partial charge is 0.478 e. The van der Waals surface area contributed by atoms with Crippen LogP contribution >= 0.6 is 0 Å². The van der Waals surface area contributed by atoms with Gasteiger partial charge in [-0.3, -0.25) is 4.79 Å². The normalized spacial score (nSPS) is 11.6. The van der Waals surface area contributed by atoms with Gasteiger partial charge in [0, 0.05) is 5.57 Å². The molecule has 0 aliphatic carbocycles. The number of rotatable bonds is 5. The quantitative estimate of drug-likeness (QED) is 0.510. The molecule has 2 N–H and O–H groups in total. The van der Waals surface area contributed by atoms with Crippen molar-refractivity contribution in [2.24, 2.45) is 0 Å². The smallest absolute Gasteiger partial charge is 0.332 e. The van der Waals surface area contributed by atoms with Crippen molar-refractivity contribution in [2.45, 2.75) is 20.3 Å². The predicted octanol–water partition coefficient (Wildman–Crippen LogP) is 0.425. The molecule has 0 bridgehead atoms. The maximum absolute atomic E-state index is 11.0. The lowest BCUT2D eigenvalue weighted by Crippen LogP contribution is -2.14. The van der Waals surface area contributed by atoms with Crippen molar-refractivity contribution < 1.29 is 29.3 Å². The minimum absolute atomic E-state index is 0.123. The summed E-state index contributed by atoms with van der Waals surface area (Å²) in [6.07, 6.45) is -0.540. The van der Waals surface area contributed by atoms with Crippen LogP contribution in [0.2, 0.25) is 0 Å². The van der Waals surface area contributed by atoms with Crippen LogP contribution in [0.25, 0.3) is 0 Å². The fourth-order valence-electron chi connectivity index (χ4n) is 0.854. The fourth-order valence-corrected chi connectivity index (χ4v) is 0.854. The van der Waals surface area contributed by atoms with E-state index in [1.165, 1.54) is 0 Å². The number of hydrogen-bond donors (Lipinski definition) is 2. The Morgan fingerprint density at radius 2 is 1.67 bits per heavy atom. The number of carbonyl (C=O) groups excluding carboxylic acids is 1. The molecule has 15 heavy (non-hydrogen) atoms. The van der Waals surface area contributed by atoms with Gasteiger partial charge in [0.15, 0.2) is 0 Å². The molecule has 0 spiro atoms. The second-order valence-corrected chi connectivity index (χ2v) is 2.70. The Morgan fingerprint density at radius 3 is 2.00 bits per heavy atom. The van der Waals surface area contributed by atoms with E-state index in [2.05, 4.69) is 4.74 Å². The first kappa shape index (κ1) is 13.2. The van der Waals surface area contributed by atoms with E-state index in [4.69, 9.17) is 10.2 Å². The highest BCUT2D eigenvalue weighted by atomic mass is 16.5. The van der Waals surface area contributed by atoms with E-state index < -0.39 is 29.9 Å². The Morgan fingerprint density at radius 1 is 1.13 bits per heavy atom. The lowest BCUT2D eigenvalue weighted by atomic mass is 10.1. The van der Waals surface area contributed by atoms with Gasteiger partial charge in [-0.05, 0) is 13.8 Å². The van der Waals surface area contributed by atoms with Gasteiger partial charge >= 0.3 is 17.9 Å². The molecule has 0 unspecified atom stereocenters. The molecule has 6 nitrogen and oxygen atoms in total. The highest BCUT2D eigenvalue weighted by Crippen LogP contribution is 2.10. The van der Waals surface area contributed by atoms with Crippen molar-refractivity contribution in [3.63, 3.8) is 0 Å². The molecule has 0 aromatic heterocycles. The van der Waals surface area contributed by atoms with Crippen molar-refractivity contribution in [3.05, 3.63) is 11.1 Å². The summed E-state index contributed by atoms with van der Waals surface area (Å²) in [5.41, 5.74) is -0.823. The molecule has 0 heterocycles. The molecule has 0 saturated carbocycles. The lowest BCUT2D eigenvalue weighted by Gasteiger charge is -2.04. The zero-order valence-corrected chi connectivity index (χ0v) is 8.44. The molecule has 6 heteroatoms.